The normalized spacial score (nSPS) is 13.7. The van der Waals surface area contributed by atoms with Crippen LogP contribution in [0.15, 0.2) is 279 Å². The Kier molecular flexibility index (Phi) is 9.28. The highest BCUT2D eigenvalue weighted by Crippen LogP contribution is 2.40. The Labute approximate surface area is 409 Å². The first-order valence-electron chi connectivity index (χ1n) is 24.3. The molecule has 0 saturated carbocycles. The lowest BCUT2D eigenvalue weighted by Crippen LogP contribution is -2.93. The van der Waals surface area contributed by atoms with Gasteiger partial charge in [-0.05, 0) is 89.0 Å². The van der Waals surface area contributed by atoms with Crippen LogP contribution in [0, 0.1) is 0 Å². The number of fused-ring (bicyclic) bond motifs is 8. The van der Waals surface area contributed by atoms with Gasteiger partial charge in [0.05, 0.1) is 27.8 Å². The van der Waals surface area contributed by atoms with Crippen LogP contribution in [0.4, 0.5) is 0 Å². The molecule has 11 aromatic carbocycles. The Morgan fingerprint density at radius 2 is 0.657 bits per heavy atom. The van der Waals surface area contributed by atoms with Crippen molar-refractivity contribution in [3.8, 4) is 22.5 Å². The van der Waals surface area contributed by atoms with E-state index in [-0.39, 0.29) is 0 Å². The van der Waals surface area contributed by atoms with Crippen molar-refractivity contribution in [1.29, 1.82) is 0 Å². The molecule has 328 valence electrons. The standard InChI is InChI=1S/C66H46N2Si2/c1-5-23-47(24-6-1)48-25-21-26-49(45-48)67-58-36-15-14-34-55(58)57-35-22-38-60(66(57)67)68-59-37-16-13-33-54(59)56-44-43-53(46-61(56)68)70(52-31-11-4-12-32-52)64-41-19-17-39-62(64)69(50-27-7-2-8-28-50,51-29-9-3-10-30-51)63-40-18-20-42-65(63)70/h1-46H. The van der Waals surface area contributed by atoms with Crippen LogP contribution < -0.4 is 41.5 Å². The first kappa shape index (κ1) is 40.5. The summed E-state index contributed by atoms with van der Waals surface area (Å²) in [6.45, 7) is 0. The third-order valence-electron chi connectivity index (χ3n) is 15.3. The molecule has 0 fully saturated rings. The molecule has 13 aromatic rings. The topological polar surface area (TPSA) is 9.86 Å². The molecule has 0 bridgehead atoms. The molecule has 0 unspecified atom stereocenters. The molecule has 3 heterocycles. The Bertz CT molecular complexity index is 4030. The first-order chi connectivity index (χ1) is 34.8. The molecule has 0 saturated heterocycles. The number of hydrogen-bond donors (Lipinski definition) is 0. The number of benzene rings is 11. The van der Waals surface area contributed by atoms with Crippen molar-refractivity contribution in [2.75, 3.05) is 0 Å². The largest absolute Gasteiger partial charge is 0.307 e. The van der Waals surface area contributed by atoms with Crippen molar-refractivity contribution in [1.82, 2.24) is 9.13 Å². The lowest BCUT2D eigenvalue weighted by atomic mass is 10.1. The van der Waals surface area contributed by atoms with Gasteiger partial charge in [-0.25, -0.2) is 0 Å². The summed E-state index contributed by atoms with van der Waals surface area (Å²) in [7, 11) is -5.95. The summed E-state index contributed by atoms with van der Waals surface area (Å²) in [5.41, 5.74) is 9.46. The van der Waals surface area contributed by atoms with Gasteiger partial charge < -0.3 is 9.13 Å². The van der Waals surface area contributed by atoms with Gasteiger partial charge in [0, 0.05) is 27.2 Å². The number of nitrogens with zero attached hydrogens (tertiary/aromatic N) is 2. The van der Waals surface area contributed by atoms with Gasteiger partial charge in [0.15, 0.2) is 16.1 Å². The second kappa shape index (κ2) is 16.0. The van der Waals surface area contributed by atoms with Gasteiger partial charge in [-0.1, -0.05) is 243 Å². The minimum absolute atomic E-state index is 1.14. The zero-order valence-electron chi connectivity index (χ0n) is 38.5. The molecule has 14 rings (SSSR count). The van der Waals surface area contributed by atoms with Crippen molar-refractivity contribution in [2.24, 2.45) is 0 Å². The van der Waals surface area contributed by atoms with Gasteiger partial charge in [-0.15, -0.1) is 0 Å². The highest BCUT2D eigenvalue weighted by Gasteiger charge is 2.56. The molecule has 4 heteroatoms. The van der Waals surface area contributed by atoms with E-state index < -0.39 is 16.1 Å². The second-order valence-electron chi connectivity index (χ2n) is 18.7. The SMILES string of the molecule is c1ccc(-c2cccc(-n3c4ccccc4c4cccc(-n5c6ccccc6c6ccc([Si]7(c8ccccc8)c8ccccc8[Si](c8ccccc8)(c8ccccc8)c8ccccc87)cc65)c43)c2)cc1. The third kappa shape index (κ3) is 5.72. The van der Waals surface area contributed by atoms with Crippen LogP contribution in [0.5, 0.6) is 0 Å². The smallest absolute Gasteiger partial charge is 0.179 e. The average Bonchev–Trinajstić information content (AvgIpc) is 3.96. The van der Waals surface area contributed by atoms with Crippen molar-refractivity contribution >= 4 is 101 Å². The van der Waals surface area contributed by atoms with Crippen molar-refractivity contribution in [3.63, 3.8) is 0 Å². The van der Waals surface area contributed by atoms with Gasteiger partial charge in [0.2, 0.25) is 0 Å². The molecule has 1 aliphatic heterocycles. The number of para-hydroxylation sites is 3. The molecular weight excluding hydrogens is 877 g/mol. The Morgan fingerprint density at radius 3 is 1.23 bits per heavy atom. The molecule has 0 radical (unpaired) electrons. The van der Waals surface area contributed by atoms with E-state index in [1.165, 1.54) is 96.2 Å². The van der Waals surface area contributed by atoms with E-state index >= 15 is 0 Å². The average molecular weight is 923 g/mol. The summed E-state index contributed by atoms with van der Waals surface area (Å²) in [6.07, 6.45) is 0. The fourth-order valence-electron chi connectivity index (χ4n) is 12.6. The maximum absolute atomic E-state index is 3.09. The zero-order chi connectivity index (χ0) is 46.2. The van der Waals surface area contributed by atoms with Crippen LogP contribution in [0.1, 0.15) is 0 Å². The van der Waals surface area contributed by atoms with Gasteiger partial charge in [0.1, 0.15) is 0 Å². The summed E-state index contributed by atoms with van der Waals surface area (Å²) in [5, 5.41) is 16.5. The maximum atomic E-state index is 2.60. The maximum Gasteiger partial charge on any atom is 0.179 e. The summed E-state index contributed by atoms with van der Waals surface area (Å²) in [6, 6.07) is 106. The quantitative estimate of drug-likeness (QED) is 0.141. The van der Waals surface area contributed by atoms with Gasteiger partial charge in [0.25, 0.3) is 0 Å². The van der Waals surface area contributed by atoms with E-state index in [2.05, 4.69) is 288 Å². The molecule has 0 spiro atoms. The Hall–Kier alpha value is -8.55. The molecule has 0 aliphatic carbocycles. The van der Waals surface area contributed by atoms with Crippen molar-refractivity contribution < 1.29 is 0 Å². The predicted molar refractivity (Wildman–Crippen MR) is 301 cm³/mol. The highest BCUT2D eigenvalue weighted by atomic mass is 28.3. The van der Waals surface area contributed by atoms with Crippen LogP contribution in [0.25, 0.3) is 66.1 Å². The predicted octanol–water partition coefficient (Wildman–Crippen LogP) is 10.6. The van der Waals surface area contributed by atoms with E-state index in [0.29, 0.717) is 0 Å². The molecule has 0 N–H and O–H groups in total. The fraction of sp³-hybridized carbons (Fsp3) is 0. The lowest BCUT2D eigenvalue weighted by molar-refractivity contribution is 1.13. The van der Waals surface area contributed by atoms with E-state index in [9.17, 15) is 0 Å². The van der Waals surface area contributed by atoms with Gasteiger partial charge in [-0.3, -0.25) is 0 Å². The van der Waals surface area contributed by atoms with E-state index in [1.54, 1.807) is 0 Å². The van der Waals surface area contributed by atoms with Gasteiger partial charge in [-0.2, -0.15) is 0 Å². The Balaban J connectivity index is 1.10. The zero-order valence-corrected chi connectivity index (χ0v) is 40.5. The fourth-order valence-corrected chi connectivity index (χ4v) is 24.7. The number of rotatable bonds is 7. The molecule has 0 amide bonds. The number of aromatic nitrogens is 2. The highest BCUT2D eigenvalue weighted by molar-refractivity contribution is 7.33. The minimum Gasteiger partial charge on any atom is -0.307 e. The molecule has 2 nitrogen and oxygen atoms in total. The Morgan fingerprint density at radius 1 is 0.243 bits per heavy atom. The van der Waals surface area contributed by atoms with Crippen LogP contribution >= 0.6 is 0 Å². The van der Waals surface area contributed by atoms with Crippen molar-refractivity contribution in [2.45, 2.75) is 0 Å². The van der Waals surface area contributed by atoms with Crippen LogP contribution in [0.3, 0.4) is 0 Å². The first-order valence-corrected chi connectivity index (χ1v) is 28.3. The van der Waals surface area contributed by atoms with Crippen LogP contribution in [-0.4, -0.2) is 25.3 Å². The van der Waals surface area contributed by atoms with Gasteiger partial charge >= 0.3 is 0 Å². The summed E-state index contributed by atoms with van der Waals surface area (Å²) >= 11 is 0. The molecule has 0 atom stereocenters. The monoisotopic (exact) mass is 922 g/mol. The minimum atomic E-state index is -3.09. The molecule has 1 aliphatic rings. The summed E-state index contributed by atoms with van der Waals surface area (Å²) < 4.78 is 5.08. The van der Waals surface area contributed by atoms with Crippen LogP contribution in [-0.2, 0) is 0 Å². The van der Waals surface area contributed by atoms with E-state index in [4.69, 9.17) is 0 Å². The lowest BCUT2D eigenvalue weighted by Gasteiger charge is -2.48. The molecular formula is C66H46N2Si2. The summed E-state index contributed by atoms with van der Waals surface area (Å²) in [4.78, 5) is 0. The number of hydrogen-bond acceptors (Lipinski definition) is 0. The summed E-state index contributed by atoms with van der Waals surface area (Å²) in [5.74, 6) is 0. The van der Waals surface area contributed by atoms with Crippen LogP contribution in [0.2, 0.25) is 0 Å². The third-order valence-corrected chi connectivity index (χ3v) is 25.6. The van der Waals surface area contributed by atoms with Crippen molar-refractivity contribution in [3.05, 3.63) is 279 Å². The van der Waals surface area contributed by atoms with E-state index in [1.807, 2.05) is 0 Å². The second-order valence-corrected chi connectivity index (χ2v) is 26.2. The molecule has 2 aromatic heterocycles. The molecule has 70 heavy (non-hydrogen) atoms. The van der Waals surface area contributed by atoms with E-state index in [0.717, 1.165) is 11.4 Å².